The number of unbranched alkanes of at least 4 members (excludes halogenated alkanes) is 1. The van der Waals surface area contributed by atoms with Gasteiger partial charge in [0.2, 0.25) is 0 Å². The van der Waals surface area contributed by atoms with Crippen LogP contribution in [0.4, 0.5) is 11.4 Å². The van der Waals surface area contributed by atoms with Crippen LogP contribution in [0.15, 0.2) is 54.6 Å². The van der Waals surface area contributed by atoms with Gasteiger partial charge in [-0.3, -0.25) is 0 Å². The van der Waals surface area contributed by atoms with Gasteiger partial charge in [0.05, 0.1) is 5.69 Å². The second-order valence-corrected chi connectivity index (χ2v) is 5.16. The van der Waals surface area contributed by atoms with E-state index in [4.69, 9.17) is 18.0 Å². The van der Waals surface area contributed by atoms with Crippen LogP contribution in [-0.2, 0) is 0 Å². The van der Waals surface area contributed by atoms with E-state index >= 15 is 0 Å². The molecule has 2 aromatic rings. The quantitative estimate of drug-likeness (QED) is 0.804. The molecule has 0 saturated heterocycles. The van der Waals surface area contributed by atoms with Crippen molar-refractivity contribution < 1.29 is 0 Å². The lowest BCUT2D eigenvalue weighted by molar-refractivity contribution is 0.785. The average molecular weight is 284 g/mol. The summed E-state index contributed by atoms with van der Waals surface area (Å²) < 4.78 is 0. The van der Waals surface area contributed by atoms with Crippen LogP contribution in [0.1, 0.15) is 25.3 Å². The standard InChI is InChI=1S/C17H20N2S/c1-2-3-13-19(14-9-5-4-6-10-14)16-12-8-7-11-15(16)17(18)20/h4-12H,2-3,13H2,1H3,(H2,18,20). The van der Waals surface area contributed by atoms with Crippen LogP contribution in [0.25, 0.3) is 0 Å². The molecule has 0 spiro atoms. The third-order valence-corrected chi connectivity index (χ3v) is 3.48. The molecule has 0 aliphatic carbocycles. The summed E-state index contributed by atoms with van der Waals surface area (Å²) in [6.45, 7) is 3.16. The van der Waals surface area contributed by atoms with Crippen molar-refractivity contribution in [1.29, 1.82) is 0 Å². The topological polar surface area (TPSA) is 29.3 Å². The molecule has 0 fully saturated rings. The summed E-state index contributed by atoms with van der Waals surface area (Å²) in [4.78, 5) is 2.73. The zero-order valence-corrected chi connectivity index (χ0v) is 12.6. The normalized spacial score (nSPS) is 10.2. The fourth-order valence-electron chi connectivity index (χ4n) is 2.23. The largest absolute Gasteiger partial charge is 0.389 e. The van der Waals surface area contributed by atoms with Gasteiger partial charge in [0.25, 0.3) is 0 Å². The third-order valence-electron chi connectivity index (χ3n) is 3.26. The van der Waals surface area contributed by atoms with Crippen molar-refractivity contribution in [1.82, 2.24) is 0 Å². The Morgan fingerprint density at radius 1 is 1.05 bits per heavy atom. The summed E-state index contributed by atoms with van der Waals surface area (Å²) in [5, 5.41) is 0. The van der Waals surface area contributed by atoms with E-state index < -0.39 is 0 Å². The Labute approximate surface area is 126 Å². The van der Waals surface area contributed by atoms with Gasteiger partial charge in [-0.05, 0) is 30.7 Å². The van der Waals surface area contributed by atoms with Gasteiger partial charge in [-0.15, -0.1) is 0 Å². The predicted octanol–water partition coefficient (Wildman–Crippen LogP) is 4.26. The summed E-state index contributed by atoms with van der Waals surface area (Å²) in [5.74, 6) is 0. The minimum absolute atomic E-state index is 0.443. The van der Waals surface area contributed by atoms with Crippen molar-refractivity contribution in [3.05, 3.63) is 60.2 Å². The van der Waals surface area contributed by atoms with E-state index in [9.17, 15) is 0 Å². The second-order valence-electron chi connectivity index (χ2n) is 4.72. The van der Waals surface area contributed by atoms with E-state index in [0.717, 1.165) is 30.6 Å². The van der Waals surface area contributed by atoms with Crippen molar-refractivity contribution >= 4 is 28.6 Å². The van der Waals surface area contributed by atoms with E-state index in [1.165, 1.54) is 5.69 Å². The first-order valence-corrected chi connectivity index (χ1v) is 7.36. The molecule has 0 bridgehead atoms. The molecule has 2 N–H and O–H groups in total. The van der Waals surface area contributed by atoms with Crippen LogP contribution >= 0.6 is 12.2 Å². The zero-order valence-electron chi connectivity index (χ0n) is 11.8. The van der Waals surface area contributed by atoms with Gasteiger partial charge < -0.3 is 10.6 Å². The first-order chi connectivity index (χ1) is 9.74. The molecule has 0 atom stereocenters. The number of anilines is 2. The number of benzene rings is 2. The summed E-state index contributed by atoms with van der Waals surface area (Å²) in [6, 6.07) is 18.4. The van der Waals surface area contributed by atoms with E-state index in [1.54, 1.807) is 0 Å². The molecule has 3 heteroatoms. The van der Waals surface area contributed by atoms with E-state index in [1.807, 2.05) is 24.3 Å². The molecule has 0 radical (unpaired) electrons. The van der Waals surface area contributed by atoms with E-state index in [2.05, 4.69) is 42.2 Å². The Morgan fingerprint density at radius 2 is 1.70 bits per heavy atom. The van der Waals surface area contributed by atoms with Crippen LogP contribution in [0, 0.1) is 0 Å². The lowest BCUT2D eigenvalue weighted by atomic mass is 10.1. The number of rotatable bonds is 6. The highest BCUT2D eigenvalue weighted by molar-refractivity contribution is 7.80. The fraction of sp³-hybridized carbons (Fsp3) is 0.235. The molecule has 2 aromatic carbocycles. The number of nitrogens with zero attached hydrogens (tertiary/aromatic N) is 1. The van der Waals surface area contributed by atoms with Gasteiger partial charge in [-0.1, -0.05) is 55.9 Å². The smallest absolute Gasteiger partial charge is 0.106 e. The Kier molecular flexibility index (Phi) is 5.13. The van der Waals surface area contributed by atoms with Crippen LogP contribution < -0.4 is 10.6 Å². The Hall–Kier alpha value is -1.87. The second kappa shape index (κ2) is 7.06. The lowest BCUT2D eigenvalue weighted by Crippen LogP contribution is -2.22. The molecule has 20 heavy (non-hydrogen) atoms. The number of hydrogen-bond donors (Lipinski definition) is 1. The zero-order chi connectivity index (χ0) is 14.4. The molecule has 2 nitrogen and oxygen atoms in total. The first-order valence-electron chi connectivity index (χ1n) is 6.95. The van der Waals surface area contributed by atoms with E-state index in [0.29, 0.717) is 4.99 Å². The van der Waals surface area contributed by atoms with Gasteiger partial charge in [-0.25, -0.2) is 0 Å². The first kappa shape index (κ1) is 14.5. The van der Waals surface area contributed by atoms with Gasteiger partial charge in [0, 0.05) is 17.8 Å². The predicted molar refractivity (Wildman–Crippen MR) is 90.7 cm³/mol. The van der Waals surface area contributed by atoms with Gasteiger partial charge in [0.1, 0.15) is 4.99 Å². The highest BCUT2D eigenvalue weighted by Crippen LogP contribution is 2.28. The molecule has 0 amide bonds. The van der Waals surface area contributed by atoms with Crippen molar-refractivity contribution in [2.24, 2.45) is 5.73 Å². The summed E-state index contributed by atoms with van der Waals surface area (Å²) in [7, 11) is 0. The molecule has 0 heterocycles. The molecular formula is C17H20N2S. The van der Waals surface area contributed by atoms with Crippen molar-refractivity contribution in [2.75, 3.05) is 11.4 Å². The van der Waals surface area contributed by atoms with E-state index in [-0.39, 0.29) is 0 Å². The molecule has 0 aromatic heterocycles. The minimum atomic E-state index is 0.443. The SMILES string of the molecule is CCCCN(c1ccccc1)c1ccccc1C(N)=S. The Balaban J connectivity index is 2.44. The summed E-state index contributed by atoms with van der Waals surface area (Å²) >= 11 is 5.18. The van der Waals surface area contributed by atoms with Gasteiger partial charge in [-0.2, -0.15) is 0 Å². The molecular weight excluding hydrogens is 264 g/mol. The lowest BCUT2D eigenvalue weighted by Gasteiger charge is -2.27. The van der Waals surface area contributed by atoms with Crippen molar-refractivity contribution in [3.8, 4) is 0 Å². The summed E-state index contributed by atoms with van der Waals surface area (Å²) in [5.41, 5.74) is 9.05. The number of thiocarbonyl (C=S) groups is 1. The fourth-order valence-corrected chi connectivity index (χ4v) is 2.40. The van der Waals surface area contributed by atoms with Crippen LogP contribution in [-0.4, -0.2) is 11.5 Å². The molecule has 0 aliphatic rings. The van der Waals surface area contributed by atoms with Gasteiger partial charge in [0.15, 0.2) is 0 Å². The Morgan fingerprint density at radius 3 is 2.35 bits per heavy atom. The molecule has 104 valence electrons. The van der Waals surface area contributed by atoms with Crippen molar-refractivity contribution in [3.63, 3.8) is 0 Å². The molecule has 2 rings (SSSR count). The maximum absolute atomic E-state index is 5.86. The summed E-state index contributed by atoms with van der Waals surface area (Å²) in [6.07, 6.45) is 2.28. The van der Waals surface area contributed by atoms with Crippen LogP contribution in [0.3, 0.4) is 0 Å². The third kappa shape index (κ3) is 3.36. The maximum atomic E-state index is 5.86. The highest BCUT2D eigenvalue weighted by atomic mass is 32.1. The maximum Gasteiger partial charge on any atom is 0.106 e. The number of nitrogens with two attached hydrogens (primary N) is 1. The monoisotopic (exact) mass is 284 g/mol. The highest BCUT2D eigenvalue weighted by Gasteiger charge is 2.13. The van der Waals surface area contributed by atoms with Crippen molar-refractivity contribution in [2.45, 2.75) is 19.8 Å². The average Bonchev–Trinajstić information content (AvgIpc) is 2.49. The molecule has 0 unspecified atom stereocenters. The number of hydrogen-bond acceptors (Lipinski definition) is 2. The van der Waals surface area contributed by atoms with Crippen LogP contribution in [0.2, 0.25) is 0 Å². The molecule has 0 saturated carbocycles. The van der Waals surface area contributed by atoms with Crippen LogP contribution in [0.5, 0.6) is 0 Å². The Bertz CT molecular complexity index is 566. The minimum Gasteiger partial charge on any atom is -0.389 e. The van der Waals surface area contributed by atoms with Gasteiger partial charge >= 0.3 is 0 Å². The molecule has 0 aliphatic heterocycles. The number of para-hydroxylation sites is 2.